The van der Waals surface area contributed by atoms with Crippen molar-refractivity contribution in [1.29, 1.82) is 0 Å². The van der Waals surface area contributed by atoms with Crippen LogP contribution in [-0.2, 0) is 4.79 Å². The van der Waals surface area contributed by atoms with Crippen molar-refractivity contribution in [3.8, 4) is 17.1 Å². The van der Waals surface area contributed by atoms with Crippen LogP contribution in [0.2, 0.25) is 10.0 Å². The fourth-order valence-corrected chi connectivity index (χ4v) is 3.09. The predicted octanol–water partition coefficient (Wildman–Crippen LogP) is 5.11. The summed E-state index contributed by atoms with van der Waals surface area (Å²) < 4.78 is 28.7. The maximum absolute atomic E-state index is 12.2. The standard InChI is InChI=1S/C17H12Cl2F2N4O2S/c18-10-3-1-9(2-4-10)15-23-17(25-24-15)28-8-14(26)22-11-5-6-13(12(19)7-11)27-16(20)21/h1-7,16H,8H2,(H,22,26)(H,23,24,25). The number of hydrogen-bond donors (Lipinski definition) is 2. The zero-order valence-corrected chi connectivity index (χ0v) is 16.3. The summed E-state index contributed by atoms with van der Waals surface area (Å²) in [5, 5.41) is 10.4. The van der Waals surface area contributed by atoms with Gasteiger partial charge in [-0.15, -0.1) is 5.10 Å². The van der Waals surface area contributed by atoms with Gasteiger partial charge in [0, 0.05) is 16.3 Å². The molecular formula is C17H12Cl2F2N4O2S. The first-order chi connectivity index (χ1) is 13.4. The number of halogens is 4. The lowest BCUT2D eigenvalue weighted by molar-refractivity contribution is -0.113. The monoisotopic (exact) mass is 444 g/mol. The van der Waals surface area contributed by atoms with E-state index in [1.165, 1.54) is 18.2 Å². The van der Waals surface area contributed by atoms with Gasteiger partial charge in [-0.3, -0.25) is 9.89 Å². The van der Waals surface area contributed by atoms with E-state index in [0.717, 1.165) is 17.3 Å². The molecule has 0 atom stereocenters. The van der Waals surface area contributed by atoms with Gasteiger partial charge in [-0.25, -0.2) is 4.98 Å². The molecule has 0 spiro atoms. The van der Waals surface area contributed by atoms with Crippen LogP contribution in [0.25, 0.3) is 11.4 Å². The van der Waals surface area contributed by atoms with Gasteiger partial charge in [0.05, 0.1) is 10.8 Å². The lowest BCUT2D eigenvalue weighted by atomic mass is 10.2. The second-order valence-corrected chi connectivity index (χ2v) is 7.12. The van der Waals surface area contributed by atoms with E-state index >= 15 is 0 Å². The molecule has 0 aliphatic rings. The van der Waals surface area contributed by atoms with Gasteiger partial charge in [-0.2, -0.15) is 8.78 Å². The maximum atomic E-state index is 12.2. The Morgan fingerprint density at radius 2 is 1.96 bits per heavy atom. The number of nitrogens with one attached hydrogen (secondary N) is 2. The Balaban J connectivity index is 1.55. The highest BCUT2D eigenvalue weighted by Gasteiger charge is 2.12. The molecule has 3 rings (SSSR count). The molecule has 1 amide bonds. The summed E-state index contributed by atoms with van der Waals surface area (Å²) in [6.45, 7) is -2.98. The molecule has 1 aromatic heterocycles. The summed E-state index contributed by atoms with van der Waals surface area (Å²) in [5.41, 5.74) is 1.17. The van der Waals surface area contributed by atoms with Crippen LogP contribution in [0.5, 0.6) is 5.75 Å². The molecule has 28 heavy (non-hydrogen) atoms. The molecule has 0 bridgehead atoms. The molecule has 11 heteroatoms. The van der Waals surface area contributed by atoms with Crippen LogP contribution in [0.1, 0.15) is 0 Å². The van der Waals surface area contributed by atoms with E-state index in [2.05, 4.69) is 25.2 Å². The number of carbonyl (C=O) groups excluding carboxylic acids is 1. The highest BCUT2D eigenvalue weighted by atomic mass is 35.5. The summed E-state index contributed by atoms with van der Waals surface area (Å²) in [5.74, 6) is 0.104. The quantitative estimate of drug-likeness (QED) is 0.494. The van der Waals surface area contributed by atoms with Crippen LogP contribution in [-0.4, -0.2) is 33.5 Å². The number of alkyl halides is 2. The Morgan fingerprint density at radius 3 is 2.64 bits per heavy atom. The molecule has 0 fully saturated rings. The van der Waals surface area contributed by atoms with Crippen LogP contribution < -0.4 is 10.1 Å². The van der Waals surface area contributed by atoms with Gasteiger partial charge in [0.25, 0.3) is 0 Å². The topological polar surface area (TPSA) is 79.9 Å². The SMILES string of the molecule is O=C(CSc1n[nH]c(-c2ccc(Cl)cc2)n1)Nc1ccc(OC(F)F)c(Cl)c1. The summed E-state index contributed by atoms with van der Waals surface area (Å²) >= 11 is 12.8. The number of hydrogen-bond acceptors (Lipinski definition) is 5. The fourth-order valence-electron chi connectivity index (χ4n) is 2.15. The lowest BCUT2D eigenvalue weighted by Gasteiger charge is -2.09. The van der Waals surface area contributed by atoms with Crippen molar-refractivity contribution in [2.24, 2.45) is 0 Å². The van der Waals surface area contributed by atoms with Gasteiger partial charge >= 0.3 is 6.61 Å². The predicted molar refractivity (Wildman–Crippen MR) is 104 cm³/mol. The number of rotatable bonds is 7. The highest BCUT2D eigenvalue weighted by molar-refractivity contribution is 7.99. The molecule has 0 unspecified atom stereocenters. The van der Waals surface area contributed by atoms with Crippen molar-refractivity contribution in [3.05, 3.63) is 52.5 Å². The number of H-pyrrole nitrogens is 1. The van der Waals surface area contributed by atoms with Gasteiger partial charge in [0.2, 0.25) is 11.1 Å². The molecule has 2 N–H and O–H groups in total. The number of benzene rings is 2. The normalized spacial score (nSPS) is 10.9. The van der Waals surface area contributed by atoms with E-state index in [4.69, 9.17) is 23.2 Å². The average molecular weight is 445 g/mol. The first-order valence-corrected chi connectivity index (χ1v) is 9.50. The van der Waals surface area contributed by atoms with Gasteiger partial charge in [-0.05, 0) is 42.5 Å². The number of amides is 1. The summed E-state index contributed by atoms with van der Waals surface area (Å²) in [6, 6.07) is 11.1. The van der Waals surface area contributed by atoms with E-state index in [-0.39, 0.29) is 22.4 Å². The summed E-state index contributed by atoms with van der Waals surface area (Å²) in [7, 11) is 0. The van der Waals surface area contributed by atoms with E-state index in [9.17, 15) is 13.6 Å². The number of nitrogens with zero attached hydrogens (tertiary/aromatic N) is 2. The van der Waals surface area contributed by atoms with Gasteiger partial charge in [0.1, 0.15) is 5.75 Å². The number of ether oxygens (including phenoxy) is 1. The zero-order valence-electron chi connectivity index (χ0n) is 14.0. The molecular weight excluding hydrogens is 433 g/mol. The van der Waals surface area contributed by atoms with Crippen LogP contribution in [0.3, 0.4) is 0 Å². The lowest BCUT2D eigenvalue weighted by Crippen LogP contribution is -2.14. The van der Waals surface area contributed by atoms with Gasteiger partial charge in [0.15, 0.2) is 5.82 Å². The van der Waals surface area contributed by atoms with E-state index in [1.54, 1.807) is 24.3 Å². The zero-order chi connectivity index (χ0) is 20.1. The minimum absolute atomic E-state index is 0.0349. The van der Waals surface area contributed by atoms with E-state index in [1.807, 2.05) is 0 Å². The molecule has 6 nitrogen and oxygen atoms in total. The van der Waals surface area contributed by atoms with E-state index in [0.29, 0.717) is 21.7 Å². The van der Waals surface area contributed by atoms with Crippen molar-refractivity contribution < 1.29 is 18.3 Å². The van der Waals surface area contributed by atoms with Crippen LogP contribution in [0.4, 0.5) is 14.5 Å². The second kappa shape index (κ2) is 9.22. The van der Waals surface area contributed by atoms with Crippen LogP contribution >= 0.6 is 35.0 Å². The molecule has 2 aromatic carbocycles. The number of anilines is 1. The molecule has 0 radical (unpaired) electrons. The number of carbonyl (C=O) groups is 1. The third-order valence-corrected chi connectivity index (χ3v) is 4.74. The fraction of sp³-hybridized carbons (Fsp3) is 0.118. The van der Waals surface area contributed by atoms with Crippen molar-refractivity contribution >= 4 is 46.6 Å². The smallest absolute Gasteiger partial charge is 0.387 e. The van der Waals surface area contributed by atoms with Crippen LogP contribution in [0, 0.1) is 0 Å². The van der Waals surface area contributed by atoms with Crippen molar-refractivity contribution in [2.45, 2.75) is 11.8 Å². The third-order valence-electron chi connectivity index (χ3n) is 3.35. The number of aromatic nitrogens is 3. The van der Waals surface area contributed by atoms with Crippen molar-refractivity contribution in [2.75, 3.05) is 11.1 Å². The van der Waals surface area contributed by atoms with Gasteiger partial charge < -0.3 is 10.1 Å². The van der Waals surface area contributed by atoms with Crippen LogP contribution in [0.15, 0.2) is 47.6 Å². The first-order valence-electron chi connectivity index (χ1n) is 7.76. The van der Waals surface area contributed by atoms with Crippen molar-refractivity contribution in [1.82, 2.24) is 15.2 Å². The molecule has 0 saturated heterocycles. The minimum Gasteiger partial charge on any atom is -0.433 e. The molecule has 0 aliphatic heterocycles. The molecule has 146 valence electrons. The Morgan fingerprint density at radius 1 is 1.21 bits per heavy atom. The second-order valence-electron chi connectivity index (χ2n) is 5.33. The third kappa shape index (κ3) is 5.57. The van der Waals surface area contributed by atoms with Crippen molar-refractivity contribution in [3.63, 3.8) is 0 Å². The molecule has 1 heterocycles. The minimum atomic E-state index is -2.98. The highest BCUT2D eigenvalue weighted by Crippen LogP contribution is 2.29. The number of thioether (sulfide) groups is 1. The Bertz CT molecular complexity index is 970. The maximum Gasteiger partial charge on any atom is 0.387 e. The summed E-state index contributed by atoms with van der Waals surface area (Å²) in [6.07, 6.45) is 0. The van der Waals surface area contributed by atoms with E-state index < -0.39 is 6.61 Å². The molecule has 0 saturated carbocycles. The molecule has 3 aromatic rings. The summed E-state index contributed by atoms with van der Waals surface area (Å²) in [4.78, 5) is 16.4. The Labute approximate surface area is 172 Å². The Kier molecular flexibility index (Phi) is 6.71. The largest absolute Gasteiger partial charge is 0.433 e. The number of aromatic amines is 1. The van der Waals surface area contributed by atoms with Gasteiger partial charge in [-0.1, -0.05) is 35.0 Å². The first kappa shape index (κ1) is 20.4. The molecule has 0 aliphatic carbocycles. The average Bonchev–Trinajstić information content (AvgIpc) is 3.12. The Hall–Kier alpha value is -2.36.